The topological polar surface area (TPSA) is 29.1 Å². The van der Waals surface area contributed by atoms with Gasteiger partial charge in [-0.2, -0.15) is 0 Å². The van der Waals surface area contributed by atoms with E-state index in [1.807, 2.05) is 0 Å². The van der Waals surface area contributed by atoms with Gasteiger partial charge in [-0.25, -0.2) is 0 Å². The predicted molar refractivity (Wildman–Crippen MR) is 57.9 cm³/mol. The molecule has 1 amide bonds. The van der Waals surface area contributed by atoms with Crippen LogP contribution in [0.4, 0.5) is 0 Å². The zero-order chi connectivity index (χ0) is 10.1. The fraction of sp³-hybridized carbons (Fsp3) is 0.900. The fourth-order valence-corrected chi connectivity index (χ4v) is 1.83. The van der Waals surface area contributed by atoms with E-state index in [2.05, 4.69) is 42.0 Å². The average Bonchev–Trinajstić information content (AvgIpc) is 2.82. The summed E-state index contributed by atoms with van der Waals surface area (Å²) in [5, 5.41) is 3.92. The molecule has 0 saturated heterocycles. The van der Waals surface area contributed by atoms with Crippen molar-refractivity contribution in [3.63, 3.8) is 0 Å². The molecule has 3 atom stereocenters. The first kappa shape index (κ1) is 11.0. The molecule has 13 heavy (non-hydrogen) atoms. The molecule has 0 radical (unpaired) electrons. The van der Waals surface area contributed by atoms with Crippen LogP contribution in [-0.2, 0) is 4.79 Å². The molecule has 3 heteroatoms. The van der Waals surface area contributed by atoms with Crippen molar-refractivity contribution in [2.24, 2.45) is 11.8 Å². The minimum Gasteiger partial charge on any atom is -0.350 e. The lowest BCUT2D eigenvalue weighted by Crippen LogP contribution is -2.47. The molecule has 1 N–H and O–H groups in total. The Morgan fingerprint density at radius 3 is 2.54 bits per heavy atom. The number of alkyl halides is 1. The molecule has 76 valence electrons. The van der Waals surface area contributed by atoms with Gasteiger partial charge < -0.3 is 5.32 Å². The van der Waals surface area contributed by atoms with Gasteiger partial charge in [0.1, 0.15) is 0 Å². The van der Waals surface area contributed by atoms with E-state index < -0.39 is 0 Å². The molecule has 0 aromatic rings. The molecule has 2 nitrogen and oxygen atoms in total. The smallest absolute Gasteiger partial charge is 0.223 e. The third kappa shape index (κ3) is 2.70. The first-order chi connectivity index (χ1) is 6.02. The summed E-state index contributed by atoms with van der Waals surface area (Å²) < 4.78 is 0. The third-order valence-electron chi connectivity index (χ3n) is 2.95. The van der Waals surface area contributed by atoms with Gasteiger partial charge in [0, 0.05) is 16.8 Å². The molecule has 0 bridgehead atoms. The Bertz CT molecular complexity index is 201. The molecule has 1 fully saturated rings. The first-order valence-corrected chi connectivity index (χ1v) is 6.02. The van der Waals surface area contributed by atoms with Crippen molar-refractivity contribution < 1.29 is 4.79 Å². The highest BCUT2D eigenvalue weighted by atomic mass is 79.9. The largest absolute Gasteiger partial charge is 0.350 e. The van der Waals surface area contributed by atoms with E-state index in [-0.39, 0.29) is 17.4 Å². The number of nitrogens with one attached hydrogen (secondary N) is 1. The quantitative estimate of drug-likeness (QED) is 0.760. The monoisotopic (exact) mass is 247 g/mol. The molecule has 1 saturated carbocycles. The molecule has 1 aliphatic carbocycles. The van der Waals surface area contributed by atoms with Gasteiger partial charge in [-0.1, -0.05) is 29.8 Å². The van der Waals surface area contributed by atoms with Gasteiger partial charge in [-0.15, -0.1) is 0 Å². The van der Waals surface area contributed by atoms with E-state index in [9.17, 15) is 4.79 Å². The second-order valence-corrected chi connectivity index (χ2v) is 4.92. The van der Waals surface area contributed by atoms with Crippen LogP contribution in [0.3, 0.4) is 0 Å². The van der Waals surface area contributed by atoms with Crippen molar-refractivity contribution in [3.05, 3.63) is 0 Å². The Kier molecular flexibility index (Phi) is 3.38. The Balaban J connectivity index is 2.42. The highest BCUT2D eigenvalue weighted by Gasteiger charge is 2.40. The zero-order valence-electron chi connectivity index (χ0n) is 8.56. The highest BCUT2D eigenvalue weighted by molar-refractivity contribution is 9.09. The second-order valence-electron chi connectivity index (χ2n) is 4.36. The Morgan fingerprint density at radius 1 is 1.69 bits per heavy atom. The number of carbonyl (C=O) groups excluding carboxylic acids is 1. The summed E-state index contributed by atoms with van der Waals surface area (Å²) in [7, 11) is 0. The van der Waals surface area contributed by atoms with Crippen LogP contribution in [0.25, 0.3) is 0 Å². The number of hydrogen-bond acceptors (Lipinski definition) is 1. The molecule has 1 rings (SSSR count). The number of amides is 1. The minimum atomic E-state index is -0.0700. The maximum atomic E-state index is 11.6. The van der Waals surface area contributed by atoms with Gasteiger partial charge in [-0.3, -0.25) is 4.79 Å². The third-order valence-corrected chi connectivity index (χ3v) is 4.18. The Hall–Kier alpha value is -0.0500. The Labute approximate surface area is 88.6 Å². The average molecular weight is 248 g/mol. The summed E-state index contributed by atoms with van der Waals surface area (Å²) in [6, 6.07) is 0. The second kappa shape index (κ2) is 3.99. The van der Waals surface area contributed by atoms with Crippen LogP contribution in [0.1, 0.15) is 33.6 Å². The zero-order valence-corrected chi connectivity index (χ0v) is 10.1. The number of halogens is 1. The lowest BCUT2D eigenvalue weighted by Gasteiger charge is -2.27. The van der Waals surface area contributed by atoms with Gasteiger partial charge in [0.2, 0.25) is 5.91 Å². The van der Waals surface area contributed by atoms with Crippen molar-refractivity contribution in [1.82, 2.24) is 5.32 Å². The van der Waals surface area contributed by atoms with Gasteiger partial charge in [0.15, 0.2) is 0 Å². The lowest BCUT2D eigenvalue weighted by molar-refractivity contribution is -0.124. The van der Waals surface area contributed by atoms with E-state index >= 15 is 0 Å². The molecular weight excluding hydrogens is 230 g/mol. The van der Waals surface area contributed by atoms with Crippen molar-refractivity contribution >= 4 is 21.8 Å². The van der Waals surface area contributed by atoms with Crippen LogP contribution >= 0.6 is 15.9 Å². The summed E-state index contributed by atoms with van der Waals surface area (Å²) >= 11 is 3.43. The molecular formula is C10H18BrNO. The van der Waals surface area contributed by atoms with Gasteiger partial charge in [0.05, 0.1) is 0 Å². The molecule has 3 unspecified atom stereocenters. The molecule has 1 aliphatic rings. The summed E-state index contributed by atoms with van der Waals surface area (Å²) in [6.07, 6.45) is 2.03. The van der Waals surface area contributed by atoms with Crippen LogP contribution in [-0.4, -0.2) is 16.8 Å². The predicted octanol–water partition coefficient (Wildman–Crippen LogP) is 2.32. The lowest BCUT2D eigenvalue weighted by atomic mass is 10.0. The summed E-state index contributed by atoms with van der Waals surface area (Å²) in [5.41, 5.74) is -0.0700. The van der Waals surface area contributed by atoms with Crippen LogP contribution in [0.5, 0.6) is 0 Å². The van der Waals surface area contributed by atoms with Crippen LogP contribution in [0.2, 0.25) is 0 Å². The van der Waals surface area contributed by atoms with Crippen LogP contribution in [0, 0.1) is 11.8 Å². The van der Waals surface area contributed by atoms with Crippen molar-refractivity contribution in [3.8, 4) is 0 Å². The number of hydrogen-bond donors (Lipinski definition) is 1. The minimum absolute atomic E-state index is 0.0700. The number of rotatable bonds is 4. The fourth-order valence-electron chi connectivity index (χ4n) is 1.29. The Morgan fingerprint density at radius 2 is 2.23 bits per heavy atom. The van der Waals surface area contributed by atoms with E-state index in [1.165, 1.54) is 0 Å². The molecule has 0 aliphatic heterocycles. The highest BCUT2D eigenvalue weighted by Crippen LogP contribution is 2.38. The first-order valence-electron chi connectivity index (χ1n) is 4.90. The summed E-state index contributed by atoms with van der Waals surface area (Å²) in [6.45, 7) is 6.30. The normalized spacial score (nSPS) is 30.8. The van der Waals surface area contributed by atoms with E-state index in [1.54, 1.807) is 0 Å². The maximum absolute atomic E-state index is 11.6. The van der Waals surface area contributed by atoms with Crippen LogP contribution < -0.4 is 5.32 Å². The van der Waals surface area contributed by atoms with E-state index in [4.69, 9.17) is 0 Å². The molecule has 0 heterocycles. The van der Waals surface area contributed by atoms with Gasteiger partial charge in [-0.05, 0) is 25.7 Å². The van der Waals surface area contributed by atoms with Crippen molar-refractivity contribution in [2.75, 3.05) is 5.33 Å². The standard InChI is InChI=1S/C10H18BrNO/c1-4-10(3,6-11)12-9(13)8-5-7(8)2/h7-8H,4-6H2,1-3H3,(H,12,13). The SMILES string of the molecule is CCC(C)(CBr)NC(=O)C1CC1C. The molecule has 0 spiro atoms. The molecule has 0 aromatic carbocycles. The van der Waals surface area contributed by atoms with Crippen LogP contribution in [0.15, 0.2) is 0 Å². The van der Waals surface area contributed by atoms with Crippen molar-refractivity contribution in [2.45, 2.75) is 39.2 Å². The maximum Gasteiger partial charge on any atom is 0.223 e. The summed E-state index contributed by atoms with van der Waals surface area (Å²) in [5.74, 6) is 1.11. The van der Waals surface area contributed by atoms with Gasteiger partial charge in [0.25, 0.3) is 0 Å². The van der Waals surface area contributed by atoms with E-state index in [0.717, 1.165) is 18.2 Å². The van der Waals surface area contributed by atoms with Gasteiger partial charge >= 0.3 is 0 Å². The summed E-state index contributed by atoms with van der Waals surface area (Å²) in [4.78, 5) is 11.6. The van der Waals surface area contributed by atoms with Crippen molar-refractivity contribution in [1.29, 1.82) is 0 Å². The molecule has 0 aromatic heterocycles. The number of carbonyl (C=O) groups is 1. The van der Waals surface area contributed by atoms with E-state index in [0.29, 0.717) is 5.92 Å².